The van der Waals surface area contributed by atoms with Crippen molar-refractivity contribution in [2.24, 2.45) is 0 Å². The summed E-state index contributed by atoms with van der Waals surface area (Å²) in [6.45, 7) is 1.31. The predicted octanol–water partition coefficient (Wildman–Crippen LogP) is 2.31. The minimum atomic E-state index is -2.10. The number of imide groups is 1. The third-order valence-corrected chi connectivity index (χ3v) is 4.47. The molecule has 26 heavy (non-hydrogen) atoms. The van der Waals surface area contributed by atoms with Crippen molar-refractivity contribution in [3.05, 3.63) is 71.8 Å². The van der Waals surface area contributed by atoms with Gasteiger partial charge in [-0.3, -0.25) is 19.3 Å². The van der Waals surface area contributed by atoms with Crippen molar-refractivity contribution in [1.29, 1.82) is 0 Å². The van der Waals surface area contributed by atoms with Crippen molar-refractivity contribution in [3.8, 4) is 0 Å². The zero-order chi connectivity index (χ0) is 18.9. The Morgan fingerprint density at radius 1 is 0.962 bits per heavy atom. The van der Waals surface area contributed by atoms with E-state index in [2.05, 4.69) is 0 Å². The number of likely N-dealkylation sites (N-methyl/N-ethyl adjacent to an activating group) is 1. The van der Waals surface area contributed by atoms with Crippen LogP contribution in [-0.2, 0) is 14.4 Å². The smallest absolute Gasteiger partial charge is 0.266 e. The molecule has 2 amide bonds. The second kappa shape index (κ2) is 6.69. The van der Waals surface area contributed by atoms with Gasteiger partial charge in [0.15, 0.2) is 5.60 Å². The molecular weight excluding hydrogens is 330 g/mol. The molecule has 1 N–H and O–H groups in total. The maximum absolute atomic E-state index is 12.9. The fourth-order valence-electron chi connectivity index (χ4n) is 3.34. The van der Waals surface area contributed by atoms with Gasteiger partial charge in [0.05, 0.1) is 5.57 Å². The summed E-state index contributed by atoms with van der Waals surface area (Å²) in [5.74, 6) is -1.64. The lowest BCUT2D eigenvalue weighted by atomic mass is 9.76. The van der Waals surface area contributed by atoms with Crippen molar-refractivity contribution in [3.63, 3.8) is 0 Å². The number of Topliss-reactive ketones (excluding diaryl/α,β-unsaturated/α-hetero) is 1. The van der Waals surface area contributed by atoms with Crippen LogP contribution in [0, 0.1) is 0 Å². The normalized spacial score (nSPS) is 20.5. The standard InChI is InChI=1S/C21H19NO4/c1-14(23)13-21(26)18(16-11-7-4-8-12-16)17(15-9-5-3-6-10-15)19(24)22(2)20(21)25/h3-12,26H,13H2,1-2H3/t21-/m0/s1. The second-order valence-corrected chi connectivity index (χ2v) is 6.39. The molecule has 0 aliphatic carbocycles. The average molecular weight is 349 g/mol. The maximum atomic E-state index is 12.9. The van der Waals surface area contributed by atoms with E-state index in [0.717, 1.165) is 4.90 Å². The van der Waals surface area contributed by atoms with Crippen LogP contribution >= 0.6 is 0 Å². The van der Waals surface area contributed by atoms with Crippen molar-refractivity contribution >= 4 is 28.7 Å². The van der Waals surface area contributed by atoms with Crippen LogP contribution in [0.1, 0.15) is 24.5 Å². The number of amides is 2. The van der Waals surface area contributed by atoms with Crippen LogP contribution < -0.4 is 0 Å². The van der Waals surface area contributed by atoms with E-state index < -0.39 is 23.8 Å². The molecular formula is C21H19NO4. The summed E-state index contributed by atoms with van der Waals surface area (Å²) in [6.07, 6.45) is -0.399. The third-order valence-electron chi connectivity index (χ3n) is 4.47. The molecule has 2 aromatic carbocycles. The maximum Gasteiger partial charge on any atom is 0.266 e. The summed E-state index contributed by atoms with van der Waals surface area (Å²) in [5.41, 5.74) is -0.584. The highest BCUT2D eigenvalue weighted by atomic mass is 16.3. The summed E-state index contributed by atoms with van der Waals surface area (Å²) in [5, 5.41) is 11.3. The van der Waals surface area contributed by atoms with Gasteiger partial charge in [-0.2, -0.15) is 0 Å². The molecule has 0 aromatic heterocycles. The Morgan fingerprint density at radius 2 is 1.46 bits per heavy atom. The van der Waals surface area contributed by atoms with Gasteiger partial charge in [-0.1, -0.05) is 60.7 Å². The molecule has 0 saturated heterocycles. The topological polar surface area (TPSA) is 74.7 Å². The lowest BCUT2D eigenvalue weighted by Crippen LogP contribution is -2.55. The van der Waals surface area contributed by atoms with Crippen LogP contribution in [0.25, 0.3) is 11.1 Å². The van der Waals surface area contributed by atoms with Crippen LogP contribution in [0.2, 0.25) is 0 Å². The number of rotatable bonds is 4. The summed E-state index contributed by atoms with van der Waals surface area (Å²) < 4.78 is 0. The fraction of sp³-hybridized carbons (Fsp3) is 0.190. The van der Waals surface area contributed by atoms with E-state index in [1.165, 1.54) is 14.0 Å². The molecule has 0 unspecified atom stereocenters. The average Bonchev–Trinajstić information content (AvgIpc) is 2.64. The third kappa shape index (κ3) is 2.86. The van der Waals surface area contributed by atoms with E-state index in [9.17, 15) is 19.5 Å². The molecule has 0 radical (unpaired) electrons. The van der Waals surface area contributed by atoms with Gasteiger partial charge in [-0.05, 0) is 18.1 Å². The van der Waals surface area contributed by atoms with E-state index in [1.54, 1.807) is 54.6 Å². The number of nitrogens with zero attached hydrogens (tertiary/aromatic N) is 1. The minimum absolute atomic E-state index is 0.174. The number of hydrogen-bond donors (Lipinski definition) is 1. The lowest BCUT2D eigenvalue weighted by molar-refractivity contribution is -0.153. The highest BCUT2D eigenvalue weighted by molar-refractivity contribution is 6.36. The molecule has 1 heterocycles. The largest absolute Gasteiger partial charge is 0.375 e. The van der Waals surface area contributed by atoms with E-state index >= 15 is 0 Å². The number of carbonyl (C=O) groups is 3. The summed E-state index contributed by atoms with van der Waals surface area (Å²) in [6, 6.07) is 17.6. The molecule has 0 saturated carbocycles. The van der Waals surface area contributed by atoms with Crippen LogP contribution in [0.5, 0.6) is 0 Å². The Hall–Kier alpha value is -3.05. The van der Waals surface area contributed by atoms with Gasteiger partial charge >= 0.3 is 0 Å². The molecule has 0 spiro atoms. The fourth-order valence-corrected chi connectivity index (χ4v) is 3.34. The zero-order valence-electron chi connectivity index (χ0n) is 14.6. The van der Waals surface area contributed by atoms with E-state index in [0.29, 0.717) is 11.1 Å². The number of benzene rings is 2. The second-order valence-electron chi connectivity index (χ2n) is 6.39. The van der Waals surface area contributed by atoms with Gasteiger partial charge in [-0.25, -0.2) is 0 Å². The molecule has 3 rings (SSSR count). The quantitative estimate of drug-likeness (QED) is 0.860. The van der Waals surface area contributed by atoms with Gasteiger partial charge in [0.25, 0.3) is 11.8 Å². The first-order valence-corrected chi connectivity index (χ1v) is 8.26. The molecule has 132 valence electrons. The van der Waals surface area contributed by atoms with Crippen LogP contribution in [0.15, 0.2) is 60.7 Å². The summed E-state index contributed by atoms with van der Waals surface area (Å²) >= 11 is 0. The molecule has 2 aromatic rings. The lowest BCUT2D eigenvalue weighted by Gasteiger charge is -2.38. The molecule has 0 fully saturated rings. The summed E-state index contributed by atoms with van der Waals surface area (Å²) in [7, 11) is 1.32. The molecule has 0 bridgehead atoms. The van der Waals surface area contributed by atoms with E-state index in [-0.39, 0.29) is 16.9 Å². The van der Waals surface area contributed by atoms with Gasteiger partial charge in [-0.15, -0.1) is 0 Å². The minimum Gasteiger partial charge on any atom is -0.375 e. The number of aliphatic hydroxyl groups is 1. The molecule has 1 aliphatic heterocycles. The van der Waals surface area contributed by atoms with Crippen LogP contribution in [0.3, 0.4) is 0 Å². The number of carbonyl (C=O) groups excluding carboxylic acids is 3. The Balaban J connectivity index is 2.40. The number of hydrogen-bond acceptors (Lipinski definition) is 4. The Labute approximate surface area is 151 Å². The highest BCUT2D eigenvalue weighted by Gasteiger charge is 2.51. The Kier molecular flexibility index (Phi) is 4.57. The van der Waals surface area contributed by atoms with Gasteiger partial charge < -0.3 is 5.11 Å². The van der Waals surface area contributed by atoms with Crippen molar-refractivity contribution in [1.82, 2.24) is 4.90 Å². The molecule has 1 atom stereocenters. The van der Waals surface area contributed by atoms with Crippen molar-refractivity contribution < 1.29 is 19.5 Å². The Bertz CT molecular complexity index is 902. The monoisotopic (exact) mass is 349 g/mol. The van der Waals surface area contributed by atoms with E-state index in [4.69, 9.17) is 0 Å². The van der Waals surface area contributed by atoms with Crippen molar-refractivity contribution in [2.75, 3.05) is 7.05 Å². The van der Waals surface area contributed by atoms with Crippen LogP contribution in [0.4, 0.5) is 0 Å². The predicted molar refractivity (Wildman–Crippen MR) is 97.7 cm³/mol. The summed E-state index contributed by atoms with van der Waals surface area (Å²) in [4.78, 5) is 38.5. The van der Waals surface area contributed by atoms with Crippen molar-refractivity contribution in [2.45, 2.75) is 18.9 Å². The zero-order valence-corrected chi connectivity index (χ0v) is 14.6. The van der Waals surface area contributed by atoms with E-state index in [1.807, 2.05) is 6.07 Å². The molecule has 5 heteroatoms. The molecule has 1 aliphatic rings. The first-order chi connectivity index (χ1) is 12.4. The highest BCUT2D eigenvalue weighted by Crippen LogP contribution is 2.42. The first-order valence-electron chi connectivity index (χ1n) is 8.26. The Morgan fingerprint density at radius 3 is 1.96 bits per heavy atom. The van der Waals surface area contributed by atoms with Crippen LogP contribution in [-0.4, -0.2) is 40.3 Å². The number of ketones is 1. The SMILES string of the molecule is CC(=O)C[C@@]1(O)C(=O)N(C)C(=O)C(c2ccccc2)=C1c1ccccc1. The van der Waals surface area contributed by atoms with Gasteiger partial charge in [0, 0.05) is 19.0 Å². The first kappa shape index (κ1) is 17.8. The van der Waals surface area contributed by atoms with Gasteiger partial charge in [0.2, 0.25) is 0 Å². The molecule has 5 nitrogen and oxygen atoms in total. The van der Waals surface area contributed by atoms with Gasteiger partial charge in [0.1, 0.15) is 5.78 Å².